The van der Waals surface area contributed by atoms with Crippen molar-refractivity contribution in [2.24, 2.45) is 0 Å². The van der Waals surface area contributed by atoms with E-state index in [1.807, 2.05) is 36.4 Å². The first kappa shape index (κ1) is 20.7. The molecule has 0 atom stereocenters. The number of hydrogen-bond donors (Lipinski definition) is 2. The highest BCUT2D eigenvalue weighted by Crippen LogP contribution is 2.24. The highest BCUT2D eigenvalue weighted by molar-refractivity contribution is 7.80. The van der Waals surface area contributed by atoms with Gasteiger partial charge in [0, 0.05) is 55.7 Å². The molecular formula is C21H27ClN4OS. The summed E-state index contributed by atoms with van der Waals surface area (Å²) in [6, 6.07) is 13.8. The summed E-state index contributed by atoms with van der Waals surface area (Å²) in [6.45, 7) is 8.05. The number of aryl methyl sites for hydroxylation is 1. The molecule has 150 valence electrons. The van der Waals surface area contributed by atoms with Crippen LogP contribution in [0.4, 0.5) is 11.4 Å². The molecule has 1 saturated heterocycles. The van der Waals surface area contributed by atoms with Crippen LogP contribution in [0.1, 0.15) is 5.56 Å². The lowest BCUT2D eigenvalue weighted by Crippen LogP contribution is -2.48. The number of rotatable bonds is 6. The molecule has 1 aliphatic heterocycles. The second kappa shape index (κ2) is 9.96. The zero-order valence-corrected chi connectivity index (χ0v) is 17.9. The number of thiocarbonyl (C=S) groups is 1. The second-order valence-corrected chi connectivity index (χ2v) is 7.71. The lowest BCUT2D eigenvalue weighted by molar-refractivity contribution is 0.262. The molecule has 1 aliphatic rings. The van der Waals surface area contributed by atoms with Crippen molar-refractivity contribution in [1.82, 2.24) is 10.2 Å². The summed E-state index contributed by atoms with van der Waals surface area (Å²) in [7, 11) is 1.66. The molecule has 3 rings (SSSR count). The fourth-order valence-corrected chi connectivity index (χ4v) is 3.81. The Kier molecular flexibility index (Phi) is 7.36. The summed E-state index contributed by atoms with van der Waals surface area (Å²) < 4.78 is 5.16. The molecule has 28 heavy (non-hydrogen) atoms. The fraction of sp³-hybridized carbons (Fsp3) is 0.381. The van der Waals surface area contributed by atoms with Crippen molar-refractivity contribution in [3.8, 4) is 5.75 Å². The van der Waals surface area contributed by atoms with E-state index >= 15 is 0 Å². The Bertz CT molecular complexity index is 791. The molecule has 0 radical (unpaired) electrons. The number of hydrogen-bond acceptors (Lipinski definition) is 4. The van der Waals surface area contributed by atoms with Crippen LogP contribution in [0, 0.1) is 6.92 Å². The number of piperazine rings is 1. The van der Waals surface area contributed by atoms with Crippen molar-refractivity contribution < 1.29 is 4.74 Å². The fourth-order valence-electron chi connectivity index (χ4n) is 3.36. The van der Waals surface area contributed by atoms with Gasteiger partial charge in [-0.15, -0.1) is 0 Å². The molecule has 7 heteroatoms. The van der Waals surface area contributed by atoms with Gasteiger partial charge in [0.15, 0.2) is 5.11 Å². The monoisotopic (exact) mass is 418 g/mol. The summed E-state index contributed by atoms with van der Waals surface area (Å²) in [5.74, 6) is 0.831. The van der Waals surface area contributed by atoms with Gasteiger partial charge in [-0.05, 0) is 67.2 Å². The second-order valence-electron chi connectivity index (χ2n) is 6.87. The van der Waals surface area contributed by atoms with E-state index in [9.17, 15) is 0 Å². The third-order valence-corrected chi connectivity index (χ3v) is 5.41. The first-order valence-corrected chi connectivity index (χ1v) is 10.3. The molecule has 2 N–H and O–H groups in total. The van der Waals surface area contributed by atoms with Crippen LogP contribution in [0.5, 0.6) is 5.75 Å². The average Bonchev–Trinajstić information content (AvgIpc) is 2.69. The van der Waals surface area contributed by atoms with Gasteiger partial charge in [-0.2, -0.15) is 0 Å². The summed E-state index contributed by atoms with van der Waals surface area (Å²) in [6.07, 6.45) is 0. The maximum atomic E-state index is 6.07. The minimum absolute atomic E-state index is 0.639. The normalized spacial score (nSPS) is 14.6. The van der Waals surface area contributed by atoms with E-state index in [0.717, 1.165) is 55.7 Å². The third-order valence-electron chi connectivity index (χ3n) is 4.93. The summed E-state index contributed by atoms with van der Waals surface area (Å²) >= 11 is 11.5. The largest absolute Gasteiger partial charge is 0.497 e. The van der Waals surface area contributed by atoms with Gasteiger partial charge >= 0.3 is 0 Å². The Balaban J connectivity index is 1.37. The maximum Gasteiger partial charge on any atom is 0.170 e. The average molecular weight is 419 g/mol. The van der Waals surface area contributed by atoms with Crippen LogP contribution in [0.3, 0.4) is 0 Å². The van der Waals surface area contributed by atoms with E-state index in [0.29, 0.717) is 5.11 Å². The molecule has 0 aliphatic carbocycles. The van der Waals surface area contributed by atoms with Gasteiger partial charge in [0.05, 0.1) is 7.11 Å². The number of benzene rings is 2. The van der Waals surface area contributed by atoms with E-state index in [2.05, 4.69) is 33.4 Å². The van der Waals surface area contributed by atoms with Crippen molar-refractivity contribution in [3.05, 3.63) is 53.1 Å². The molecule has 0 aromatic heterocycles. The van der Waals surface area contributed by atoms with Crippen LogP contribution in [-0.2, 0) is 0 Å². The molecule has 1 fully saturated rings. The van der Waals surface area contributed by atoms with Gasteiger partial charge in [0.25, 0.3) is 0 Å². The van der Waals surface area contributed by atoms with Crippen LogP contribution >= 0.6 is 23.8 Å². The molecule has 0 spiro atoms. The molecule has 0 bridgehead atoms. The van der Waals surface area contributed by atoms with E-state index in [1.165, 1.54) is 11.3 Å². The third kappa shape index (κ3) is 5.74. The van der Waals surface area contributed by atoms with Crippen molar-refractivity contribution >= 4 is 40.3 Å². The lowest BCUT2D eigenvalue weighted by atomic mass is 10.1. The first-order chi connectivity index (χ1) is 13.5. The smallest absolute Gasteiger partial charge is 0.170 e. The van der Waals surface area contributed by atoms with Crippen molar-refractivity contribution in [3.63, 3.8) is 0 Å². The molecular weight excluding hydrogens is 392 g/mol. The van der Waals surface area contributed by atoms with Gasteiger partial charge in [-0.1, -0.05) is 11.6 Å². The Hall–Kier alpha value is -2.02. The van der Waals surface area contributed by atoms with Gasteiger partial charge in [-0.3, -0.25) is 4.90 Å². The quantitative estimate of drug-likeness (QED) is 0.696. The maximum absolute atomic E-state index is 6.07. The van der Waals surface area contributed by atoms with E-state index in [-0.39, 0.29) is 0 Å². The highest BCUT2D eigenvalue weighted by Gasteiger charge is 2.18. The number of methoxy groups -OCH3 is 1. The molecule has 0 unspecified atom stereocenters. The molecule has 5 nitrogen and oxygen atoms in total. The molecule has 2 aromatic carbocycles. The van der Waals surface area contributed by atoms with E-state index in [4.69, 9.17) is 28.6 Å². The van der Waals surface area contributed by atoms with Crippen molar-refractivity contribution in [2.75, 3.05) is 56.6 Å². The highest BCUT2D eigenvalue weighted by atomic mass is 35.5. The van der Waals surface area contributed by atoms with Crippen LogP contribution in [0.15, 0.2) is 42.5 Å². The summed E-state index contributed by atoms with van der Waals surface area (Å²) in [4.78, 5) is 4.90. The number of ether oxygens (including phenoxy) is 1. The summed E-state index contributed by atoms with van der Waals surface area (Å²) in [5.41, 5.74) is 3.47. The minimum atomic E-state index is 0.639. The van der Waals surface area contributed by atoms with Crippen molar-refractivity contribution in [1.29, 1.82) is 0 Å². The molecule has 1 heterocycles. The topological polar surface area (TPSA) is 39.8 Å². The van der Waals surface area contributed by atoms with E-state index < -0.39 is 0 Å². The number of halogens is 1. The molecule has 2 aromatic rings. The Labute approximate surface area is 177 Å². The molecule has 0 saturated carbocycles. The summed E-state index contributed by atoms with van der Waals surface area (Å²) in [5, 5.41) is 7.92. The van der Waals surface area contributed by atoms with Gasteiger partial charge in [-0.25, -0.2) is 0 Å². The van der Waals surface area contributed by atoms with Gasteiger partial charge in [0.1, 0.15) is 5.75 Å². The lowest BCUT2D eigenvalue weighted by Gasteiger charge is -2.36. The van der Waals surface area contributed by atoms with Crippen LogP contribution in [-0.4, -0.2) is 56.4 Å². The van der Waals surface area contributed by atoms with Crippen LogP contribution < -0.4 is 20.3 Å². The zero-order chi connectivity index (χ0) is 19.9. The van der Waals surface area contributed by atoms with Crippen molar-refractivity contribution in [2.45, 2.75) is 6.92 Å². The zero-order valence-electron chi connectivity index (χ0n) is 16.4. The Morgan fingerprint density at radius 1 is 1.11 bits per heavy atom. The standard InChI is InChI=1S/C21H27ClN4OS/c1-16-15-17(22)3-8-20(16)26-13-11-25(12-14-26)10-9-23-21(28)24-18-4-6-19(27-2)7-5-18/h3-8,15H,9-14H2,1-2H3,(H2,23,24,28). The van der Waals surface area contributed by atoms with Crippen LogP contribution in [0.2, 0.25) is 5.02 Å². The number of anilines is 2. The van der Waals surface area contributed by atoms with Gasteiger partial charge < -0.3 is 20.3 Å². The Morgan fingerprint density at radius 2 is 1.82 bits per heavy atom. The number of nitrogens with one attached hydrogen (secondary N) is 2. The minimum Gasteiger partial charge on any atom is -0.497 e. The Morgan fingerprint density at radius 3 is 2.46 bits per heavy atom. The van der Waals surface area contributed by atoms with Crippen LogP contribution in [0.25, 0.3) is 0 Å². The SMILES string of the molecule is COc1ccc(NC(=S)NCCN2CCN(c3ccc(Cl)cc3C)CC2)cc1. The van der Waals surface area contributed by atoms with Gasteiger partial charge in [0.2, 0.25) is 0 Å². The predicted octanol–water partition coefficient (Wildman–Crippen LogP) is 3.77. The number of nitrogens with zero attached hydrogens (tertiary/aromatic N) is 2. The van der Waals surface area contributed by atoms with E-state index in [1.54, 1.807) is 7.11 Å². The predicted molar refractivity (Wildman–Crippen MR) is 122 cm³/mol. The molecule has 0 amide bonds. The first-order valence-electron chi connectivity index (χ1n) is 9.47.